The van der Waals surface area contributed by atoms with Crippen molar-refractivity contribution in [2.24, 2.45) is 22.4 Å². The Morgan fingerprint density at radius 1 is 1.32 bits per heavy atom. The lowest BCUT2D eigenvalue weighted by Crippen LogP contribution is -2.44. The summed E-state index contributed by atoms with van der Waals surface area (Å²) in [6.07, 6.45) is 0.460. The number of hydrogen-bond donors (Lipinski definition) is 3. The van der Waals surface area contributed by atoms with Crippen LogP contribution in [0.3, 0.4) is 0 Å². The van der Waals surface area contributed by atoms with Gasteiger partial charge in [0.2, 0.25) is 0 Å². The maximum Gasteiger partial charge on any atom is 0.152 e. The quantitative estimate of drug-likeness (QED) is 0.319. The van der Waals surface area contributed by atoms with Gasteiger partial charge in [-0.25, -0.2) is 15.4 Å². The first kappa shape index (κ1) is 17.9. The molecule has 0 heterocycles. The largest absolute Gasteiger partial charge is 0.489 e. The molecule has 1 aromatic carbocycles. The van der Waals surface area contributed by atoms with E-state index in [0.29, 0.717) is 29.1 Å². The van der Waals surface area contributed by atoms with E-state index in [4.69, 9.17) is 22.0 Å². The summed E-state index contributed by atoms with van der Waals surface area (Å²) in [5.74, 6) is 6.71. The molecule has 0 bridgehead atoms. The predicted octanol–water partition coefficient (Wildman–Crippen LogP) is 1.47. The number of amidine groups is 1. The van der Waals surface area contributed by atoms with E-state index >= 15 is 0 Å². The number of hydrogen-bond acceptors (Lipinski definition) is 5. The van der Waals surface area contributed by atoms with Gasteiger partial charge in [0.25, 0.3) is 0 Å². The number of nitrogens with zero attached hydrogens (tertiary/aromatic N) is 2. The molecule has 0 saturated heterocycles. The van der Waals surface area contributed by atoms with Crippen LogP contribution in [0, 0.1) is 0 Å². The Kier molecular flexibility index (Phi) is 6.33. The highest BCUT2D eigenvalue weighted by Crippen LogP contribution is 2.14. The van der Waals surface area contributed by atoms with Gasteiger partial charge in [-0.3, -0.25) is 0 Å². The Hall–Kier alpha value is -2.12. The van der Waals surface area contributed by atoms with Crippen molar-refractivity contribution in [3.05, 3.63) is 41.7 Å². The molecular weight excluding hydrogens is 285 g/mol. The monoisotopic (exact) mass is 309 g/mol. The Labute approximate surface area is 130 Å². The number of nitrogens with two attached hydrogens (primary N) is 3. The standard InChI is InChI=1S/C15H24FN5O/c1-15(2,3)21(19)20-14(18)12-4-6-13(7-5-12)22-10-11(8-16)9-17/h4-8H,9-10,17,19H2,1-3H3,(H2,18,20)/b11-8+. The summed E-state index contributed by atoms with van der Waals surface area (Å²) in [7, 11) is 0. The predicted molar refractivity (Wildman–Crippen MR) is 86.7 cm³/mol. The Morgan fingerprint density at radius 2 is 1.91 bits per heavy atom. The van der Waals surface area contributed by atoms with E-state index in [1.807, 2.05) is 20.8 Å². The van der Waals surface area contributed by atoms with Crippen molar-refractivity contribution in [2.75, 3.05) is 13.2 Å². The molecule has 22 heavy (non-hydrogen) atoms. The summed E-state index contributed by atoms with van der Waals surface area (Å²) in [6.45, 7) is 6.00. The van der Waals surface area contributed by atoms with E-state index in [0.717, 1.165) is 0 Å². The third-order valence-corrected chi connectivity index (χ3v) is 2.89. The maximum absolute atomic E-state index is 12.4. The van der Waals surface area contributed by atoms with Crippen LogP contribution in [0.4, 0.5) is 4.39 Å². The van der Waals surface area contributed by atoms with Gasteiger partial charge in [-0.05, 0) is 45.0 Å². The normalized spacial score (nSPS) is 13.2. The zero-order valence-corrected chi connectivity index (χ0v) is 13.2. The van der Waals surface area contributed by atoms with Gasteiger partial charge in [-0.1, -0.05) is 0 Å². The minimum absolute atomic E-state index is 0.108. The fraction of sp³-hybridized carbons (Fsp3) is 0.400. The van der Waals surface area contributed by atoms with E-state index in [-0.39, 0.29) is 18.7 Å². The molecule has 0 spiro atoms. The first-order valence-corrected chi connectivity index (χ1v) is 6.88. The van der Waals surface area contributed by atoms with E-state index in [2.05, 4.69) is 5.10 Å². The fourth-order valence-electron chi connectivity index (χ4n) is 1.36. The smallest absolute Gasteiger partial charge is 0.152 e. The van der Waals surface area contributed by atoms with E-state index in [1.165, 1.54) is 5.12 Å². The molecule has 6 nitrogen and oxygen atoms in total. The first-order valence-electron chi connectivity index (χ1n) is 6.88. The van der Waals surface area contributed by atoms with Crippen molar-refractivity contribution in [2.45, 2.75) is 26.3 Å². The zero-order valence-electron chi connectivity index (χ0n) is 13.2. The first-order chi connectivity index (χ1) is 10.3. The maximum atomic E-state index is 12.4. The average molecular weight is 309 g/mol. The van der Waals surface area contributed by atoms with Crippen molar-refractivity contribution >= 4 is 5.84 Å². The molecule has 0 fully saturated rings. The highest BCUT2D eigenvalue weighted by molar-refractivity contribution is 5.97. The van der Waals surface area contributed by atoms with Gasteiger partial charge < -0.3 is 16.2 Å². The van der Waals surface area contributed by atoms with Gasteiger partial charge in [-0.2, -0.15) is 0 Å². The van der Waals surface area contributed by atoms with Crippen LogP contribution < -0.4 is 22.0 Å². The topological polar surface area (TPSA) is 103 Å². The molecule has 122 valence electrons. The van der Waals surface area contributed by atoms with Crippen molar-refractivity contribution in [1.82, 2.24) is 5.12 Å². The number of rotatable bonds is 6. The van der Waals surface area contributed by atoms with Crippen LogP contribution in [0.5, 0.6) is 5.75 Å². The number of hydrazine groups is 1. The Morgan fingerprint density at radius 3 is 2.36 bits per heavy atom. The van der Waals surface area contributed by atoms with Crippen LogP contribution in [0.25, 0.3) is 0 Å². The third-order valence-electron chi connectivity index (χ3n) is 2.89. The molecule has 1 rings (SSSR count). The highest BCUT2D eigenvalue weighted by Gasteiger charge is 2.16. The minimum atomic E-state index is -0.328. The Balaban J connectivity index is 2.74. The van der Waals surface area contributed by atoms with Gasteiger partial charge in [-0.15, -0.1) is 5.10 Å². The molecule has 7 heteroatoms. The van der Waals surface area contributed by atoms with E-state index in [9.17, 15) is 4.39 Å². The number of ether oxygens (including phenoxy) is 1. The van der Waals surface area contributed by atoms with Crippen LogP contribution in [0.1, 0.15) is 26.3 Å². The molecule has 0 aliphatic carbocycles. The zero-order chi connectivity index (χ0) is 16.8. The van der Waals surface area contributed by atoms with Crippen LogP contribution in [-0.4, -0.2) is 29.6 Å². The van der Waals surface area contributed by atoms with E-state index in [1.54, 1.807) is 24.3 Å². The summed E-state index contributed by atoms with van der Waals surface area (Å²) >= 11 is 0. The molecular formula is C15H24FN5O. The molecule has 0 aromatic heterocycles. The summed E-state index contributed by atoms with van der Waals surface area (Å²) in [4.78, 5) is 0. The molecule has 1 aromatic rings. The van der Waals surface area contributed by atoms with Crippen molar-refractivity contribution in [3.63, 3.8) is 0 Å². The molecule has 0 aliphatic rings. The van der Waals surface area contributed by atoms with Crippen LogP contribution >= 0.6 is 0 Å². The van der Waals surface area contributed by atoms with Gasteiger partial charge in [0.05, 0.1) is 11.9 Å². The molecule has 0 atom stereocenters. The van der Waals surface area contributed by atoms with E-state index < -0.39 is 0 Å². The summed E-state index contributed by atoms with van der Waals surface area (Å²) in [5, 5.41) is 5.45. The second-order valence-electron chi connectivity index (χ2n) is 5.79. The van der Waals surface area contributed by atoms with Crippen molar-refractivity contribution in [1.29, 1.82) is 0 Å². The van der Waals surface area contributed by atoms with Crippen molar-refractivity contribution < 1.29 is 9.13 Å². The van der Waals surface area contributed by atoms with Gasteiger partial charge in [0, 0.05) is 17.7 Å². The molecule has 0 saturated carbocycles. The molecule has 0 aliphatic heterocycles. The lowest BCUT2D eigenvalue weighted by molar-refractivity contribution is 0.145. The summed E-state index contributed by atoms with van der Waals surface area (Å²) < 4.78 is 17.8. The van der Waals surface area contributed by atoms with Gasteiger partial charge in [0.15, 0.2) is 5.84 Å². The molecule has 6 N–H and O–H groups in total. The van der Waals surface area contributed by atoms with Crippen LogP contribution in [0.2, 0.25) is 0 Å². The molecule has 0 unspecified atom stereocenters. The van der Waals surface area contributed by atoms with Crippen LogP contribution in [0.15, 0.2) is 41.3 Å². The Bertz CT molecular complexity index is 534. The number of hydrazone groups is 1. The lowest BCUT2D eigenvalue weighted by Gasteiger charge is -2.28. The second-order valence-corrected chi connectivity index (χ2v) is 5.79. The summed E-state index contributed by atoms with van der Waals surface area (Å²) in [5.41, 5.74) is 12.0. The second kappa shape index (κ2) is 7.77. The van der Waals surface area contributed by atoms with Crippen LogP contribution in [-0.2, 0) is 0 Å². The van der Waals surface area contributed by atoms with Gasteiger partial charge in [0.1, 0.15) is 12.4 Å². The SMILES string of the molecule is CC(C)(C)N(N)/N=C(\N)c1ccc(OC/C(=C/F)CN)cc1. The minimum Gasteiger partial charge on any atom is -0.489 e. The lowest BCUT2D eigenvalue weighted by atomic mass is 10.1. The fourth-order valence-corrected chi connectivity index (χ4v) is 1.36. The van der Waals surface area contributed by atoms with Crippen molar-refractivity contribution in [3.8, 4) is 5.75 Å². The van der Waals surface area contributed by atoms with Gasteiger partial charge >= 0.3 is 0 Å². The third kappa shape index (κ3) is 5.34. The molecule has 0 amide bonds. The number of halogens is 1. The molecule has 0 radical (unpaired) electrons. The highest BCUT2D eigenvalue weighted by atomic mass is 19.1. The summed E-state index contributed by atoms with van der Waals surface area (Å²) in [6, 6.07) is 6.96. The average Bonchev–Trinajstić information content (AvgIpc) is 2.47. The number of benzene rings is 1.